The van der Waals surface area contributed by atoms with Gasteiger partial charge in [-0.3, -0.25) is 9.59 Å². The number of nitrogens with one attached hydrogen (secondary N) is 1. The molecule has 1 aliphatic rings. The molecule has 3 aromatic carbocycles. The molecule has 1 N–H and O–H groups in total. The molecule has 2 amide bonds. The zero-order valence-corrected chi connectivity index (χ0v) is 19.6. The molecule has 1 aliphatic heterocycles. The fourth-order valence-corrected chi connectivity index (χ4v) is 4.00. The van der Waals surface area contributed by atoms with Crippen LogP contribution >= 0.6 is 11.6 Å². The molecule has 4 rings (SSSR count). The van der Waals surface area contributed by atoms with Gasteiger partial charge in [0, 0.05) is 10.7 Å². The Morgan fingerprint density at radius 2 is 1.41 bits per heavy atom. The molecule has 1 heterocycles. The Hall–Kier alpha value is -3.37. The molecule has 0 atom stereocenters. The van der Waals surface area contributed by atoms with Crippen molar-refractivity contribution >= 4 is 40.4 Å². The van der Waals surface area contributed by atoms with Gasteiger partial charge in [-0.2, -0.15) is 0 Å². The monoisotopic (exact) mass is 444 g/mol. The molecule has 32 heavy (non-hydrogen) atoms. The number of anilines is 2. The first-order valence-electron chi connectivity index (χ1n) is 10.5. The van der Waals surface area contributed by atoms with Crippen LogP contribution in [-0.4, -0.2) is 11.8 Å². The SMILES string of the molecule is Cc1ccc(NC2=C(c3ccc(C)c(C)c3)C(=O)N(c3cccc(Cl)c3C)C2=O)cc1C. The number of aryl methyl sites for hydroxylation is 4. The van der Waals surface area contributed by atoms with Gasteiger partial charge in [-0.25, -0.2) is 4.90 Å². The minimum absolute atomic E-state index is 0.265. The van der Waals surface area contributed by atoms with Crippen molar-refractivity contribution in [3.63, 3.8) is 0 Å². The molecule has 0 bridgehead atoms. The van der Waals surface area contributed by atoms with E-state index < -0.39 is 5.91 Å². The van der Waals surface area contributed by atoms with Crippen LogP contribution in [0.25, 0.3) is 5.57 Å². The Labute approximate surface area is 193 Å². The molecule has 5 heteroatoms. The average molecular weight is 445 g/mol. The molecule has 0 unspecified atom stereocenters. The van der Waals surface area contributed by atoms with Gasteiger partial charge in [-0.05, 0) is 92.3 Å². The summed E-state index contributed by atoms with van der Waals surface area (Å²) in [5.74, 6) is -0.762. The second kappa shape index (κ2) is 8.29. The lowest BCUT2D eigenvalue weighted by Gasteiger charge is -2.18. The number of carbonyl (C=O) groups excluding carboxylic acids is 2. The predicted octanol–water partition coefficient (Wildman–Crippen LogP) is 6.28. The van der Waals surface area contributed by atoms with E-state index in [-0.39, 0.29) is 11.6 Å². The normalized spacial score (nSPS) is 13.9. The number of benzene rings is 3. The van der Waals surface area contributed by atoms with E-state index in [0.29, 0.717) is 27.4 Å². The summed E-state index contributed by atoms with van der Waals surface area (Å²) in [6, 6.07) is 16.9. The van der Waals surface area contributed by atoms with Crippen molar-refractivity contribution in [1.29, 1.82) is 0 Å². The lowest BCUT2D eigenvalue weighted by molar-refractivity contribution is -0.120. The van der Waals surface area contributed by atoms with Crippen LogP contribution in [0.5, 0.6) is 0 Å². The zero-order valence-electron chi connectivity index (χ0n) is 18.8. The highest BCUT2D eigenvalue weighted by Crippen LogP contribution is 2.37. The van der Waals surface area contributed by atoms with Gasteiger partial charge in [0.1, 0.15) is 5.70 Å². The summed E-state index contributed by atoms with van der Waals surface area (Å²) in [7, 11) is 0. The van der Waals surface area contributed by atoms with E-state index in [2.05, 4.69) is 5.32 Å². The van der Waals surface area contributed by atoms with E-state index in [0.717, 1.165) is 27.9 Å². The molecule has 4 nitrogen and oxygen atoms in total. The van der Waals surface area contributed by atoms with Gasteiger partial charge >= 0.3 is 0 Å². The van der Waals surface area contributed by atoms with Crippen LogP contribution < -0.4 is 10.2 Å². The van der Waals surface area contributed by atoms with Crippen molar-refractivity contribution in [2.24, 2.45) is 0 Å². The van der Waals surface area contributed by atoms with Gasteiger partial charge in [0.15, 0.2) is 0 Å². The molecular weight excluding hydrogens is 420 g/mol. The van der Waals surface area contributed by atoms with Gasteiger partial charge in [0.2, 0.25) is 0 Å². The molecule has 162 valence electrons. The molecular formula is C27H25ClN2O2. The van der Waals surface area contributed by atoms with Crippen molar-refractivity contribution in [3.05, 3.63) is 98.7 Å². The Morgan fingerprint density at radius 3 is 2.06 bits per heavy atom. The lowest BCUT2D eigenvalue weighted by atomic mass is 9.99. The lowest BCUT2D eigenvalue weighted by Crippen LogP contribution is -2.33. The second-order valence-corrected chi connectivity index (χ2v) is 8.71. The third kappa shape index (κ3) is 3.71. The summed E-state index contributed by atoms with van der Waals surface area (Å²) in [6.07, 6.45) is 0. The summed E-state index contributed by atoms with van der Waals surface area (Å²) >= 11 is 6.30. The Bertz CT molecular complexity index is 1310. The molecule has 0 aromatic heterocycles. The van der Waals surface area contributed by atoms with Crippen molar-refractivity contribution in [2.45, 2.75) is 34.6 Å². The number of halogens is 1. The minimum Gasteiger partial charge on any atom is -0.350 e. The van der Waals surface area contributed by atoms with Gasteiger partial charge in [0.05, 0.1) is 11.3 Å². The summed E-state index contributed by atoms with van der Waals surface area (Å²) in [4.78, 5) is 28.5. The Balaban J connectivity index is 1.88. The molecule has 0 fully saturated rings. The fraction of sp³-hybridized carbons (Fsp3) is 0.185. The van der Waals surface area contributed by atoms with E-state index in [1.165, 1.54) is 4.90 Å². The topological polar surface area (TPSA) is 49.4 Å². The van der Waals surface area contributed by atoms with E-state index in [4.69, 9.17) is 11.6 Å². The van der Waals surface area contributed by atoms with Gasteiger partial charge in [-0.15, -0.1) is 0 Å². The second-order valence-electron chi connectivity index (χ2n) is 8.30. The number of carbonyl (C=O) groups is 2. The number of amides is 2. The summed E-state index contributed by atoms with van der Waals surface area (Å²) in [5, 5.41) is 3.75. The van der Waals surface area contributed by atoms with Gasteiger partial charge in [-0.1, -0.05) is 41.9 Å². The Morgan fingerprint density at radius 1 is 0.750 bits per heavy atom. The first-order valence-corrected chi connectivity index (χ1v) is 10.9. The van der Waals surface area contributed by atoms with Gasteiger partial charge in [0.25, 0.3) is 11.8 Å². The van der Waals surface area contributed by atoms with Crippen molar-refractivity contribution in [3.8, 4) is 0 Å². The molecule has 0 saturated carbocycles. The Kier molecular flexibility index (Phi) is 5.66. The van der Waals surface area contributed by atoms with Crippen LogP contribution in [0.3, 0.4) is 0 Å². The number of hydrogen-bond acceptors (Lipinski definition) is 3. The smallest absolute Gasteiger partial charge is 0.282 e. The third-order valence-electron chi connectivity index (χ3n) is 6.14. The van der Waals surface area contributed by atoms with E-state index in [9.17, 15) is 9.59 Å². The molecule has 0 spiro atoms. The predicted molar refractivity (Wildman–Crippen MR) is 131 cm³/mol. The van der Waals surface area contributed by atoms with Crippen LogP contribution in [0.15, 0.2) is 60.3 Å². The van der Waals surface area contributed by atoms with Crippen molar-refractivity contribution in [2.75, 3.05) is 10.2 Å². The van der Waals surface area contributed by atoms with E-state index in [1.807, 2.05) is 71.0 Å². The number of hydrogen-bond donors (Lipinski definition) is 1. The maximum Gasteiger partial charge on any atom is 0.282 e. The largest absolute Gasteiger partial charge is 0.350 e. The molecule has 0 radical (unpaired) electrons. The first-order chi connectivity index (χ1) is 15.2. The quantitative estimate of drug-likeness (QED) is 0.482. The zero-order chi connectivity index (χ0) is 23.2. The number of imide groups is 1. The average Bonchev–Trinajstić information content (AvgIpc) is 2.99. The van der Waals surface area contributed by atoms with Crippen molar-refractivity contribution < 1.29 is 9.59 Å². The highest BCUT2D eigenvalue weighted by molar-refractivity contribution is 6.46. The fourth-order valence-electron chi connectivity index (χ4n) is 3.83. The minimum atomic E-state index is -0.396. The number of nitrogens with zero attached hydrogens (tertiary/aromatic N) is 1. The summed E-state index contributed by atoms with van der Waals surface area (Å²) in [6.45, 7) is 9.87. The van der Waals surface area contributed by atoms with Crippen LogP contribution in [-0.2, 0) is 9.59 Å². The van der Waals surface area contributed by atoms with Gasteiger partial charge < -0.3 is 5.32 Å². The van der Waals surface area contributed by atoms with Crippen molar-refractivity contribution in [1.82, 2.24) is 0 Å². The van der Waals surface area contributed by atoms with Crippen LogP contribution in [0, 0.1) is 34.6 Å². The summed E-state index contributed by atoms with van der Waals surface area (Å²) < 4.78 is 0. The maximum absolute atomic E-state index is 13.7. The first kappa shape index (κ1) is 21.8. The summed E-state index contributed by atoms with van der Waals surface area (Å²) in [5.41, 5.74) is 7.70. The molecule has 0 saturated heterocycles. The molecule has 0 aliphatic carbocycles. The third-order valence-corrected chi connectivity index (χ3v) is 6.55. The highest BCUT2D eigenvalue weighted by Gasteiger charge is 2.41. The maximum atomic E-state index is 13.7. The standard InChI is InChI=1S/C27H25ClN2O2/c1-15-9-11-20(13-17(15)3)24-25(29-21-12-10-16(2)18(4)14-21)27(32)30(26(24)31)23-8-6-7-22(28)19(23)5/h6-14,29H,1-5H3. The van der Waals surface area contributed by atoms with Crippen LogP contribution in [0.4, 0.5) is 11.4 Å². The van der Waals surface area contributed by atoms with E-state index in [1.54, 1.807) is 18.2 Å². The van der Waals surface area contributed by atoms with Crippen LogP contribution in [0.2, 0.25) is 5.02 Å². The number of rotatable bonds is 4. The van der Waals surface area contributed by atoms with Crippen LogP contribution in [0.1, 0.15) is 33.4 Å². The van der Waals surface area contributed by atoms with E-state index >= 15 is 0 Å². The molecule has 3 aromatic rings. The highest BCUT2D eigenvalue weighted by atomic mass is 35.5.